The molecular weight excluding hydrogens is 373 g/mol. The zero-order chi connectivity index (χ0) is 16.9. The maximum absolute atomic E-state index is 12.9. The molecule has 0 amide bonds. The molecule has 3 rings (SSSR count). The van der Waals surface area contributed by atoms with Gasteiger partial charge in [-0.25, -0.2) is 4.39 Å². The second-order valence-electron chi connectivity index (χ2n) is 5.23. The third-order valence-electron chi connectivity index (χ3n) is 3.35. The molecule has 0 unspecified atom stereocenters. The predicted octanol–water partition coefficient (Wildman–Crippen LogP) is 4.44. The lowest BCUT2D eigenvalue weighted by Crippen LogP contribution is -2.06. The number of halogens is 2. The van der Waals surface area contributed by atoms with Crippen LogP contribution in [0, 0.1) is 12.7 Å². The van der Waals surface area contributed by atoms with Crippen LogP contribution in [0.15, 0.2) is 53.1 Å². The molecule has 122 valence electrons. The maximum atomic E-state index is 12.9. The molecule has 0 bridgehead atoms. The molecule has 7 heteroatoms. The summed E-state index contributed by atoms with van der Waals surface area (Å²) in [4.78, 5) is 4.37. The first-order valence-electron chi connectivity index (χ1n) is 7.31. The highest BCUT2D eigenvalue weighted by Crippen LogP contribution is 2.22. The van der Waals surface area contributed by atoms with Gasteiger partial charge in [-0.1, -0.05) is 28.1 Å². The molecule has 1 aromatic heterocycles. The van der Waals surface area contributed by atoms with E-state index in [2.05, 4.69) is 41.7 Å². The van der Waals surface area contributed by atoms with Crippen molar-refractivity contribution in [2.75, 3.05) is 10.6 Å². The summed E-state index contributed by atoms with van der Waals surface area (Å²) >= 11 is 3.47. The first kappa shape index (κ1) is 16.3. The van der Waals surface area contributed by atoms with Gasteiger partial charge in [0.2, 0.25) is 5.95 Å². The molecule has 3 aromatic rings. The molecular formula is C17H15BrFN5. The second kappa shape index (κ2) is 7.35. The van der Waals surface area contributed by atoms with E-state index in [9.17, 15) is 4.39 Å². The Bertz CT molecular complexity index is 839. The van der Waals surface area contributed by atoms with Crippen molar-refractivity contribution in [3.05, 3.63) is 70.1 Å². The van der Waals surface area contributed by atoms with E-state index >= 15 is 0 Å². The number of nitrogens with one attached hydrogen (secondary N) is 2. The molecule has 0 saturated heterocycles. The Balaban J connectivity index is 1.67. The fourth-order valence-corrected chi connectivity index (χ4v) is 2.34. The van der Waals surface area contributed by atoms with E-state index in [0.29, 0.717) is 18.3 Å². The molecule has 0 aliphatic heterocycles. The summed E-state index contributed by atoms with van der Waals surface area (Å²) in [5.41, 5.74) is 2.97. The van der Waals surface area contributed by atoms with E-state index in [4.69, 9.17) is 0 Å². The van der Waals surface area contributed by atoms with Crippen LogP contribution in [0.2, 0.25) is 0 Å². The van der Waals surface area contributed by atoms with Gasteiger partial charge >= 0.3 is 0 Å². The van der Waals surface area contributed by atoms with Gasteiger partial charge in [-0.2, -0.15) is 10.1 Å². The van der Waals surface area contributed by atoms with E-state index in [1.807, 2.05) is 25.1 Å². The van der Waals surface area contributed by atoms with Gasteiger partial charge in [0, 0.05) is 16.7 Å². The van der Waals surface area contributed by atoms with Gasteiger partial charge in [-0.15, -0.1) is 5.10 Å². The largest absolute Gasteiger partial charge is 0.349 e. The summed E-state index contributed by atoms with van der Waals surface area (Å²) in [7, 11) is 0. The van der Waals surface area contributed by atoms with Gasteiger partial charge in [0.15, 0.2) is 5.82 Å². The van der Waals surface area contributed by atoms with Crippen LogP contribution in [-0.2, 0) is 6.54 Å². The summed E-state index contributed by atoms with van der Waals surface area (Å²) in [6.45, 7) is 2.51. The highest BCUT2D eigenvalue weighted by Gasteiger charge is 2.03. The summed E-state index contributed by atoms with van der Waals surface area (Å²) in [5, 5.41) is 14.2. The van der Waals surface area contributed by atoms with Crippen molar-refractivity contribution >= 4 is 33.4 Å². The fraction of sp³-hybridized carbons (Fsp3) is 0.118. The van der Waals surface area contributed by atoms with E-state index in [-0.39, 0.29) is 5.82 Å². The van der Waals surface area contributed by atoms with Gasteiger partial charge in [-0.3, -0.25) is 0 Å². The monoisotopic (exact) mass is 387 g/mol. The summed E-state index contributed by atoms with van der Waals surface area (Å²) in [6.07, 6.45) is 1.56. The highest BCUT2D eigenvalue weighted by atomic mass is 79.9. The van der Waals surface area contributed by atoms with Crippen molar-refractivity contribution < 1.29 is 4.39 Å². The van der Waals surface area contributed by atoms with Crippen molar-refractivity contribution in [2.24, 2.45) is 0 Å². The Morgan fingerprint density at radius 2 is 1.92 bits per heavy atom. The van der Waals surface area contributed by atoms with E-state index < -0.39 is 0 Å². The SMILES string of the molecule is Cc1cc(Nc2cnnc(NCc3ccc(F)cc3)n2)ccc1Br. The van der Waals surface area contributed by atoms with E-state index in [1.54, 1.807) is 18.3 Å². The highest BCUT2D eigenvalue weighted by molar-refractivity contribution is 9.10. The molecule has 0 spiro atoms. The summed E-state index contributed by atoms with van der Waals surface area (Å²) in [5.74, 6) is 0.735. The van der Waals surface area contributed by atoms with Crippen molar-refractivity contribution in [3.63, 3.8) is 0 Å². The second-order valence-corrected chi connectivity index (χ2v) is 6.09. The number of anilines is 3. The molecule has 0 atom stereocenters. The minimum Gasteiger partial charge on any atom is -0.349 e. The Morgan fingerprint density at radius 3 is 2.67 bits per heavy atom. The van der Waals surface area contributed by atoms with Crippen LogP contribution in [-0.4, -0.2) is 15.2 Å². The molecule has 0 aliphatic carbocycles. The van der Waals surface area contributed by atoms with Crippen LogP contribution in [0.5, 0.6) is 0 Å². The van der Waals surface area contributed by atoms with Gasteiger partial charge in [0.1, 0.15) is 5.82 Å². The minimum absolute atomic E-state index is 0.257. The number of aromatic nitrogens is 3. The molecule has 1 heterocycles. The van der Waals surface area contributed by atoms with Gasteiger partial charge < -0.3 is 10.6 Å². The molecule has 24 heavy (non-hydrogen) atoms. The van der Waals surface area contributed by atoms with Crippen LogP contribution >= 0.6 is 15.9 Å². The third kappa shape index (κ3) is 4.26. The normalized spacial score (nSPS) is 10.5. The van der Waals surface area contributed by atoms with Gasteiger partial charge in [0.05, 0.1) is 6.20 Å². The van der Waals surface area contributed by atoms with Crippen LogP contribution in [0.1, 0.15) is 11.1 Å². The standard InChI is InChI=1S/C17H15BrFN5/c1-11-8-14(6-7-15(11)18)22-16-10-21-24-17(23-16)20-9-12-2-4-13(19)5-3-12/h2-8,10H,9H2,1H3,(H2,20,22,23,24). The van der Waals surface area contributed by atoms with Crippen molar-refractivity contribution in [3.8, 4) is 0 Å². The lowest BCUT2D eigenvalue weighted by molar-refractivity contribution is 0.627. The Hall–Kier alpha value is -2.54. The zero-order valence-corrected chi connectivity index (χ0v) is 14.5. The molecule has 0 saturated carbocycles. The van der Waals surface area contributed by atoms with Crippen molar-refractivity contribution in [1.29, 1.82) is 0 Å². The fourth-order valence-electron chi connectivity index (χ4n) is 2.09. The maximum Gasteiger partial charge on any atom is 0.244 e. The van der Waals surface area contributed by atoms with Crippen LogP contribution < -0.4 is 10.6 Å². The minimum atomic E-state index is -0.257. The number of hydrogen-bond acceptors (Lipinski definition) is 5. The van der Waals surface area contributed by atoms with Gasteiger partial charge in [0.25, 0.3) is 0 Å². The van der Waals surface area contributed by atoms with Crippen molar-refractivity contribution in [2.45, 2.75) is 13.5 Å². The van der Waals surface area contributed by atoms with Crippen LogP contribution in [0.4, 0.5) is 21.8 Å². The first-order valence-corrected chi connectivity index (χ1v) is 8.11. The summed E-state index contributed by atoms with van der Waals surface area (Å²) < 4.78 is 13.9. The molecule has 0 aliphatic rings. The number of nitrogens with zero attached hydrogens (tertiary/aromatic N) is 3. The van der Waals surface area contributed by atoms with Crippen molar-refractivity contribution in [1.82, 2.24) is 15.2 Å². The topological polar surface area (TPSA) is 62.7 Å². The Kier molecular flexibility index (Phi) is 5.00. The average molecular weight is 388 g/mol. The number of benzene rings is 2. The Morgan fingerprint density at radius 1 is 1.12 bits per heavy atom. The lowest BCUT2D eigenvalue weighted by atomic mass is 10.2. The predicted molar refractivity (Wildman–Crippen MR) is 95.7 cm³/mol. The molecule has 5 nitrogen and oxygen atoms in total. The molecule has 0 radical (unpaired) electrons. The quantitative estimate of drug-likeness (QED) is 0.677. The number of rotatable bonds is 5. The Labute approximate surface area is 147 Å². The average Bonchev–Trinajstić information content (AvgIpc) is 2.58. The summed E-state index contributed by atoms with van der Waals surface area (Å²) in [6, 6.07) is 12.2. The molecule has 2 N–H and O–H groups in total. The first-order chi connectivity index (χ1) is 11.6. The third-order valence-corrected chi connectivity index (χ3v) is 4.24. The zero-order valence-electron chi connectivity index (χ0n) is 12.9. The lowest BCUT2D eigenvalue weighted by Gasteiger charge is -2.09. The molecule has 0 fully saturated rings. The van der Waals surface area contributed by atoms with E-state index in [1.165, 1.54) is 12.1 Å². The van der Waals surface area contributed by atoms with E-state index in [0.717, 1.165) is 21.3 Å². The van der Waals surface area contributed by atoms with Crippen LogP contribution in [0.3, 0.4) is 0 Å². The van der Waals surface area contributed by atoms with Crippen LogP contribution in [0.25, 0.3) is 0 Å². The van der Waals surface area contributed by atoms with Gasteiger partial charge in [-0.05, 0) is 48.4 Å². The number of aryl methyl sites for hydroxylation is 1. The smallest absolute Gasteiger partial charge is 0.244 e. The molecule has 2 aromatic carbocycles. The number of hydrogen-bond donors (Lipinski definition) is 2.